The van der Waals surface area contributed by atoms with Gasteiger partial charge in [0.25, 0.3) is 0 Å². The Hall–Kier alpha value is -2.65. The molecular formula is C19H21ClN2O6S. The fourth-order valence-electron chi connectivity index (χ4n) is 2.66. The van der Waals surface area contributed by atoms with Crippen molar-refractivity contribution in [3.63, 3.8) is 0 Å². The average molecular weight is 441 g/mol. The van der Waals surface area contributed by atoms with E-state index in [1.165, 1.54) is 0 Å². The number of hydrogen-bond donors (Lipinski definition) is 1. The van der Waals surface area contributed by atoms with Gasteiger partial charge in [-0.15, -0.1) is 0 Å². The largest absolute Gasteiger partial charge is 0.492 e. The monoisotopic (exact) mass is 440 g/mol. The fourth-order valence-corrected chi connectivity index (χ4v) is 3.64. The summed E-state index contributed by atoms with van der Waals surface area (Å²) in [7, 11) is -3.68. The number of nitrogens with one attached hydrogen (secondary N) is 1. The zero-order valence-corrected chi connectivity index (χ0v) is 17.3. The van der Waals surface area contributed by atoms with Crippen LogP contribution in [0.2, 0.25) is 5.02 Å². The molecule has 0 radical (unpaired) electrons. The average Bonchev–Trinajstić information content (AvgIpc) is 2.69. The van der Waals surface area contributed by atoms with Crippen molar-refractivity contribution in [3.8, 4) is 17.2 Å². The van der Waals surface area contributed by atoms with E-state index < -0.39 is 15.9 Å². The Labute approximate surface area is 174 Å². The van der Waals surface area contributed by atoms with Crippen LogP contribution in [0.5, 0.6) is 17.2 Å². The van der Waals surface area contributed by atoms with Gasteiger partial charge in [0.2, 0.25) is 15.9 Å². The molecule has 0 aliphatic carbocycles. The Morgan fingerprint density at radius 1 is 1.14 bits per heavy atom. The molecule has 1 aliphatic heterocycles. The van der Waals surface area contributed by atoms with Gasteiger partial charge in [0, 0.05) is 11.1 Å². The molecule has 1 N–H and O–H groups in total. The third-order valence-electron chi connectivity index (χ3n) is 4.01. The van der Waals surface area contributed by atoms with Crippen LogP contribution in [0.15, 0.2) is 42.5 Å². The first-order valence-corrected chi connectivity index (χ1v) is 11.1. The number of carbonyl (C=O) groups excluding carboxylic acids is 1. The molecule has 2 aromatic rings. The van der Waals surface area contributed by atoms with Crippen LogP contribution in [0, 0.1) is 0 Å². The molecule has 0 bridgehead atoms. The van der Waals surface area contributed by atoms with E-state index in [-0.39, 0.29) is 19.7 Å². The third kappa shape index (κ3) is 5.91. The molecule has 29 heavy (non-hydrogen) atoms. The third-order valence-corrected chi connectivity index (χ3v) is 5.40. The minimum Gasteiger partial charge on any atom is -0.492 e. The predicted molar refractivity (Wildman–Crippen MR) is 110 cm³/mol. The van der Waals surface area contributed by atoms with Gasteiger partial charge in [0.1, 0.15) is 32.1 Å². The van der Waals surface area contributed by atoms with E-state index in [0.29, 0.717) is 41.2 Å². The lowest BCUT2D eigenvalue weighted by Gasteiger charge is -2.24. The SMILES string of the molecule is CS(=O)(=O)N(CC(=O)NCCOc1ccc(Cl)cc1)c1ccc2c(c1)OCCO2. The summed E-state index contributed by atoms with van der Waals surface area (Å²) in [5.41, 5.74) is 0.323. The summed E-state index contributed by atoms with van der Waals surface area (Å²) < 4.78 is 41.9. The van der Waals surface area contributed by atoms with Crippen LogP contribution in [0.1, 0.15) is 0 Å². The Morgan fingerprint density at radius 2 is 1.83 bits per heavy atom. The van der Waals surface area contributed by atoms with Crippen molar-refractivity contribution in [2.75, 3.05) is 43.5 Å². The zero-order valence-electron chi connectivity index (χ0n) is 15.8. The summed E-state index contributed by atoms with van der Waals surface area (Å²) in [6, 6.07) is 11.6. The number of halogens is 1. The maximum absolute atomic E-state index is 12.3. The van der Waals surface area contributed by atoms with Gasteiger partial charge in [-0.3, -0.25) is 9.10 Å². The maximum atomic E-state index is 12.3. The van der Waals surface area contributed by atoms with Gasteiger partial charge >= 0.3 is 0 Å². The molecule has 1 aliphatic rings. The fraction of sp³-hybridized carbons (Fsp3) is 0.316. The first-order chi connectivity index (χ1) is 13.8. The van der Waals surface area contributed by atoms with E-state index in [2.05, 4.69) is 5.32 Å². The molecule has 0 spiro atoms. The van der Waals surface area contributed by atoms with E-state index in [9.17, 15) is 13.2 Å². The molecule has 0 saturated heterocycles. The minimum absolute atomic E-state index is 0.222. The Morgan fingerprint density at radius 3 is 2.52 bits per heavy atom. The number of hydrogen-bond acceptors (Lipinski definition) is 6. The molecule has 0 aromatic heterocycles. The molecule has 3 rings (SSSR count). The lowest BCUT2D eigenvalue weighted by molar-refractivity contribution is -0.119. The zero-order chi connectivity index (χ0) is 20.9. The van der Waals surface area contributed by atoms with Gasteiger partial charge in [0.05, 0.1) is 18.5 Å². The number of nitrogens with zero attached hydrogens (tertiary/aromatic N) is 1. The highest BCUT2D eigenvalue weighted by atomic mass is 35.5. The van der Waals surface area contributed by atoms with E-state index in [4.69, 9.17) is 25.8 Å². The van der Waals surface area contributed by atoms with Crippen molar-refractivity contribution >= 4 is 33.2 Å². The van der Waals surface area contributed by atoms with Gasteiger partial charge in [-0.2, -0.15) is 0 Å². The summed E-state index contributed by atoms with van der Waals surface area (Å²) in [5, 5.41) is 3.25. The summed E-state index contributed by atoms with van der Waals surface area (Å²) in [4.78, 5) is 12.3. The van der Waals surface area contributed by atoms with E-state index >= 15 is 0 Å². The summed E-state index contributed by atoms with van der Waals surface area (Å²) >= 11 is 5.81. The topological polar surface area (TPSA) is 94.2 Å². The number of benzene rings is 2. The van der Waals surface area contributed by atoms with Crippen LogP contribution >= 0.6 is 11.6 Å². The summed E-state index contributed by atoms with van der Waals surface area (Å²) in [5.74, 6) is 1.15. The lowest BCUT2D eigenvalue weighted by Crippen LogP contribution is -2.41. The van der Waals surface area contributed by atoms with Crippen molar-refractivity contribution in [2.45, 2.75) is 0 Å². The molecule has 10 heteroatoms. The molecule has 0 unspecified atom stereocenters. The number of sulfonamides is 1. The molecule has 0 saturated carbocycles. The van der Waals surface area contributed by atoms with Gasteiger partial charge < -0.3 is 19.5 Å². The van der Waals surface area contributed by atoms with Crippen molar-refractivity contribution in [1.29, 1.82) is 0 Å². The molecule has 2 aromatic carbocycles. The van der Waals surface area contributed by atoms with Crippen molar-refractivity contribution in [2.24, 2.45) is 0 Å². The first-order valence-electron chi connectivity index (χ1n) is 8.85. The molecule has 1 amide bonds. The molecule has 0 atom stereocenters. The number of rotatable bonds is 8. The Balaban J connectivity index is 1.57. The molecule has 8 nitrogen and oxygen atoms in total. The predicted octanol–water partition coefficient (Wildman–Crippen LogP) is 2.07. The second-order valence-corrected chi connectivity index (χ2v) is 8.59. The molecule has 0 fully saturated rings. The second-order valence-electron chi connectivity index (χ2n) is 6.25. The van der Waals surface area contributed by atoms with E-state index in [1.807, 2.05) is 0 Å². The van der Waals surface area contributed by atoms with Crippen LogP contribution in [0.25, 0.3) is 0 Å². The van der Waals surface area contributed by atoms with Gasteiger partial charge in [-0.1, -0.05) is 11.6 Å². The second kappa shape index (κ2) is 9.23. The first kappa shape index (κ1) is 21.1. The number of amides is 1. The molecular weight excluding hydrogens is 420 g/mol. The van der Waals surface area contributed by atoms with E-state index in [1.54, 1.807) is 42.5 Å². The van der Waals surface area contributed by atoms with Crippen LogP contribution in [0.3, 0.4) is 0 Å². The Bertz CT molecular complexity index is 965. The highest BCUT2D eigenvalue weighted by Gasteiger charge is 2.23. The summed E-state index contributed by atoms with van der Waals surface area (Å²) in [6.45, 7) is 0.905. The van der Waals surface area contributed by atoms with Crippen LogP contribution in [-0.2, 0) is 14.8 Å². The number of fused-ring (bicyclic) bond motifs is 1. The van der Waals surface area contributed by atoms with Crippen molar-refractivity contribution in [1.82, 2.24) is 5.32 Å². The maximum Gasteiger partial charge on any atom is 0.240 e. The number of carbonyl (C=O) groups is 1. The van der Waals surface area contributed by atoms with Gasteiger partial charge in [-0.25, -0.2) is 8.42 Å². The standard InChI is InChI=1S/C19H21ClN2O6S/c1-29(24,25)22(15-4-7-17-18(12-15)28-11-10-27-17)13-19(23)21-8-9-26-16-5-2-14(20)3-6-16/h2-7,12H,8-11,13H2,1H3,(H,21,23). The van der Waals surface area contributed by atoms with Crippen molar-refractivity contribution < 1.29 is 27.4 Å². The highest BCUT2D eigenvalue weighted by molar-refractivity contribution is 7.92. The van der Waals surface area contributed by atoms with Crippen molar-refractivity contribution in [3.05, 3.63) is 47.5 Å². The number of anilines is 1. The van der Waals surface area contributed by atoms with Crippen LogP contribution in [-0.4, -0.2) is 53.5 Å². The quantitative estimate of drug-likeness (QED) is 0.631. The summed E-state index contributed by atoms with van der Waals surface area (Å²) in [6.07, 6.45) is 1.04. The molecule has 1 heterocycles. The Kier molecular flexibility index (Phi) is 6.71. The van der Waals surface area contributed by atoms with Crippen LogP contribution < -0.4 is 23.8 Å². The highest BCUT2D eigenvalue weighted by Crippen LogP contribution is 2.34. The smallest absolute Gasteiger partial charge is 0.240 e. The van der Waals surface area contributed by atoms with Crippen LogP contribution in [0.4, 0.5) is 5.69 Å². The normalized spacial score (nSPS) is 12.9. The van der Waals surface area contributed by atoms with Gasteiger partial charge in [-0.05, 0) is 36.4 Å². The van der Waals surface area contributed by atoms with Gasteiger partial charge in [0.15, 0.2) is 11.5 Å². The van der Waals surface area contributed by atoms with E-state index in [0.717, 1.165) is 10.6 Å². The lowest BCUT2D eigenvalue weighted by atomic mass is 10.2. The minimum atomic E-state index is -3.68. The number of ether oxygens (including phenoxy) is 3. The molecule has 156 valence electrons.